The summed E-state index contributed by atoms with van der Waals surface area (Å²) in [5.74, 6) is 0.660. The number of hydrazone groups is 1. The van der Waals surface area contributed by atoms with Crippen molar-refractivity contribution >= 4 is 23.3 Å². The van der Waals surface area contributed by atoms with Crippen LogP contribution in [0.15, 0.2) is 69.5 Å². The highest BCUT2D eigenvalue weighted by Gasteiger charge is 2.15. The zero-order chi connectivity index (χ0) is 24.9. The summed E-state index contributed by atoms with van der Waals surface area (Å²) >= 11 is 0. The maximum Gasteiger partial charge on any atom is 0.332 e. The van der Waals surface area contributed by atoms with Gasteiger partial charge in [0.2, 0.25) is 0 Å². The Morgan fingerprint density at radius 2 is 1.86 bits per heavy atom. The van der Waals surface area contributed by atoms with Gasteiger partial charge in [-0.25, -0.2) is 15.2 Å². The van der Waals surface area contributed by atoms with Crippen LogP contribution in [0.5, 0.6) is 11.5 Å². The number of amides is 1. The number of nitrogens with one attached hydrogen (secondary N) is 1. The van der Waals surface area contributed by atoms with Crippen molar-refractivity contribution in [2.75, 3.05) is 7.11 Å². The first-order valence-corrected chi connectivity index (χ1v) is 10.7. The second kappa shape index (κ2) is 10.1. The van der Waals surface area contributed by atoms with Gasteiger partial charge in [-0.2, -0.15) is 5.10 Å². The Morgan fingerprint density at radius 3 is 2.60 bits per heavy atom. The number of carbonyl (C=O) groups is 1. The van der Waals surface area contributed by atoms with Gasteiger partial charge in [0.05, 0.1) is 19.7 Å². The zero-order valence-corrected chi connectivity index (χ0v) is 19.5. The molecule has 0 atom stereocenters. The maximum absolute atomic E-state index is 12.4. The number of carbonyl (C=O) groups excluding carboxylic acids is 1. The van der Waals surface area contributed by atoms with Crippen molar-refractivity contribution in [2.24, 2.45) is 19.2 Å². The van der Waals surface area contributed by atoms with Gasteiger partial charge in [-0.15, -0.1) is 0 Å². The van der Waals surface area contributed by atoms with Crippen molar-refractivity contribution in [3.8, 4) is 11.5 Å². The molecule has 2 aromatic carbocycles. The number of ether oxygens (including phenoxy) is 2. The van der Waals surface area contributed by atoms with Gasteiger partial charge in [0.1, 0.15) is 18.8 Å². The van der Waals surface area contributed by atoms with E-state index in [0.29, 0.717) is 23.7 Å². The molecule has 4 aromatic rings. The second-order valence-corrected chi connectivity index (χ2v) is 7.73. The highest BCUT2D eigenvalue weighted by molar-refractivity contribution is 5.83. The average Bonchev–Trinajstić information content (AvgIpc) is 3.29. The van der Waals surface area contributed by atoms with Crippen LogP contribution in [0.4, 0.5) is 0 Å². The number of aromatic nitrogens is 4. The van der Waals surface area contributed by atoms with Gasteiger partial charge < -0.3 is 14.0 Å². The van der Waals surface area contributed by atoms with Crippen LogP contribution in [0.2, 0.25) is 0 Å². The Morgan fingerprint density at radius 1 is 1.09 bits per heavy atom. The smallest absolute Gasteiger partial charge is 0.332 e. The van der Waals surface area contributed by atoms with Crippen LogP contribution in [-0.4, -0.2) is 37.9 Å². The lowest BCUT2D eigenvalue weighted by molar-refractivity contribution is -0.121. The van der Waals surface area contributed by atoms with Gasteiger partial charge in [-0.1, -0.05) is 30.3 Å². The summed E-state index contributed by atoms with van der Waals surface area (Å²) < 4.78 is 14.9. The summed E-state index contributed by atoms with van der Waals surface area (Å²) in [6, 6.07) is 15.1. The predicted molar refractivity (Wildman–Crippen MR) is 130 cm³/mol. The molecule has 35 heavy (non-hydrogen) atoms. The number of benzene rings is 2. The molecule has 0 aliphatic rings. The molecule has 11 heteroatoms. The molecule has 0 spiro atoms. The van der Waals surface area contributed by atoms with Crippen LogP contribution in [0, 0.1) is 0 Å². The molecular formula is C24H24N6O5. The topological polar surface area (TPSA) is 122 Å². The molecule has 0 aliphatic heterocycles. The first-order valence-electron chi connectivity index (χ1n) is 10.7. The largest absolute Gasteiger partial charge is 0.493 e. The van der Waals surface area contributed by atoms with Crippen LogP contribution < -0.4 is 26.1 Å². The lowest BCUT2D eigenvalue weighted by Crippen LogP contribution is -2.37. The van der Waals surface area contributed by atoms with Crippen LogP contribution in [0.3, 0.4) is 0 Å². The van der Waals surface area contributed by atoms with E-state index in [9.17, 15) is 14.4 Å². The van der Waals surface area contributed by atoms with Gasteiger partial charge in [0, 0.05) is 14.1 Å². The normalized spacial score (nSPS) is 11.2. The number of hydrogen-bond donors (Lipinski definition) is 1. The van der Waals surface area contributed by atoms with Crippen molar-refractivity contribution in [3.63, 3.8) is 0 Å². The fourth-order valence-electron chi connectivity index (χ4n) is 3.54. The first kappa shape index (κ1) is 23.5. The fourth-order valence-corrected chi connectivity index (χ4v) is 3.54. The standard InChI is InChI=1S/C24H24N6O5/c1-28-22-21(23(32)29(2)24(28)33)25-15-30(22)13-20(31)27-26-12-17-9-10-18(19(11-17)34-3)35-14-16-7-5-4-6-8-16/h4-12,15H,13-14H2,1-3H3,(H,27,31). The Balaban J connectivity index is 1.41. The first-order chi connectivity index (χ1) is 16.9. The van der Waals surface area contributed by atoms with E-state index in [1.165, 1.54) is 35.8 Å². The van der Waals surface area contributed by atoms with Crippen molar-refractivity contribution in [1.29, 1.82) is 0 Å². The molecule has 0 saturated heterocycles. The molecule has 2 aromatic heterocycles. The summed E-state index contributed by atoms with van der Waals surface area (Å²) in [4.78, 5) is 40.9. The average molecular weight is 476 g/mol. The Kier molecular flexibility index (Phi) is 6.76. The van der Waals surface area contributed by atoms with Crippen LogP contribution in [0.25, 0.3) is 11.2 Å². The molecule has 4 rings (SSSR count). The molecule has 0 radical (unpaired) electrons. The third-order valence-corrected chi connectivity index (χ3v) is 5.35. The van der Waals surface area contributed by atoms with Crippen molar-refractivity contribution in [2.45, 2.75) is 13.2 Å². The Bertz CT molecular complexity index is 1520. The molecule has 0 aliphatic carbocycles. The number of imidazole rings is 1. The van der Waals surface area contributed by atoms with Gasteiger partial charge in [-0.3, -0.25) is 18.7 Å². The minimum absolute atomic E-state index is 0.104. The number of rotatable bonds is 8. The van der Waals surface area contributed by atoms with E-state index < -0.39 is 17.2 Å². The Labute approximate surface area is 199 Å². The molecule has 0 fully saturated rings. The molecule has 11 nitrogen and oxygen atoms in total. The fraction of sp³-hybridized carbons (Fsp3) is 0.208. The minimum atomic E-state index is -0.523. The quantitative estimate of drug-likeness (QED) is 0.301. The lowest BCUT2D eigenvalue weighted by atomic mass is 10.2. The van der Waals surface area contributed by atoms with Gasteiger partial charge >= 0.3 is 5.69 Å². The molecule has 2 heterocycles. The second-order valence-electron chi connectivity index (χ2n) is 7.73. The van der Waals surface area contributed by atoms with Crippen molar-refractivity contribution in [3.05, 3.63) is 86.8 Å². The number of nitrogens with zero attached hydrogens (tertiary/aromatic N) is 5. The van der Waals surface area contributed by atoms with E-state index in [-0.39, 0.29) is 17.7 Å². The number of methoxy groups -OCH3 is 1. The van der Waals surface area contributed by atoms with Gasteiger partial charge in [-0.05, 0) is 29.3 Å². The molecular weight excluding hydrogens is 452 g/mol. The predicted octanol–water partition coefficient (Wildman–Crippen LogP) is 1.17. The van der Waals surface area contributed by atoms with E-state index in [1.807, 2.05) is 30.3 Å². The maximum atomic E-state index is 12.4. The summed E-state index contributed by atoms with van der Waals surface area (Å²) in [6.45, 7) is 0.227. The van der Waals surface area contributed by atoms with E-state index in [0.717, 1.165) is 10.1 Å². The van der Waals surface area contributed by atoms with Gasteiger partial charge in [0.25, 0.3) is 11.5 Å². The molecule has 1 amide bonds. The molecule has 1 N–H and O–H groups in total. The number of fused-ring (bicyclic) bond motifs is 1. The summed E-state index contributed by atoms with van der Waals surface area (Å²) in [7, 11) is 4.43. The Hall–Kier alpha value is -4.67. The van der Waals surface area contributed by atoms with Crippen LogP contribution in [-0.2, 0) is 32.0 Å². The van der Waals surface area contributed by atoms with Crippen LogP contribution >= 0.6 is 0 Å². The summed E-state index contributed by atoms with van der Waals surface area (Å²) in [5, 5.41) is 3.98. The molecule has 180 valence electrons. The van der Waals surface area contributed by atoms with E-state index >= 15 is 0 Å². The number of aryl methyl sites for hydroxylation is 1. The van der Waals surface area contributed by atoms with Crippen molar-refractivity contribution < 1.29 is 14.3 Å². The molecule has 0 unspecified atom stereocenters. The monoisotopic (exact) mass is 476 g/mol. The highest BCUT2D eigenvalue weighted by Crippen LogP contribution is 2.28. The zero-order valence-electron chi connectivity index (χ0n) is 19.5. The molecule has 0 bridgehead atoms. The minimum Gasteiger partial charge on any atom is -0.493 e. The van der Waals surface area contributed by atoms with E-state index in [4.69, 9.17) is 9.47 Å². The summed E-state index contributed by atoms with van der Waals surface area (Å²) in [5.41, 5.74) is 3.49. The number of hydrogen-bond acceptors (Lipinski definition) is 7. The van der Waals surface area contributed by atoms with E-state index in [2.05, 4.69) is 15.5 Å². The summed E-state index contributed by atoms with van der Waals surface area (Å²) in [6.07, 6.45) is 2.81. The highest BCUT2D eigenvalue weighted by atomic mass is 16.5. The van der Waals surface area contributed by atoms with Gasteiger partial charge in [0.15, 0.2) is 17.0 Å². The third kappa shape index (κ3) is 4.98. The van der Waals surface area contributed by atoms with Crippen molar-refractivity contribution in [1.82, 2.24) is 24.1 Å². The third-order valence-electron chi connectivity index (χ3n) is 5.35. The lowest BCUT2D eigenvalue weighted by Gasteiger charge is -2.11. The van der Waals surface area contributed by atoms with E-state index in [1.54, 1.807) is 25.3 Å². The SMILES string of the molecule is COc1cc(C=NNC(=O)Cn2cnc3c(=O)n(C)c(=O)n(C)c32)ccc1OCc1ccccc1. The van der Waals surface area contributed by atoms with Crippen LogP contribution in [0.1, 0.15) is 11.1 Å². The molecule has 0 saturated carbocycles.